The molecule has 1 amide bonds. The number of aromatic nitrogens is 3. The predicted octanol–water partition coefficient (Wildman–Crippen LogP) is 1.96. The molecule has 0 aliphatic rings. The largest absolute Gasteiger partial charge is 0.399 e. The van der Waals surface area contributed by atoms with Crippen LogP contribution in [-0.2, 0) is 13.1 Å². The molecule has 3 N–H and O–H groups in total. The molecule has 0 atom stereocenters. The van der Waals surface area contributed by atoms with E-state index in [0.29, 0.717) is 17.8 Å². The number of carbonyl (C=O) groups excluding carboxylic acids is 1. The zero-order chi connectivity index (χ0) is 13.8. The zero-order valence-corrected chi connectivity index (χ0v) is 13.5. The van der Waals surface area contributed by atoms with Gasteiger partial charge in [0.1, 0.15) is 6.33 Å². The van der Waals surface area contributed by atoms with E-state index < -0.39 is 0 Å². The molecular weight excluding hydrogens is 313 g/mol. The molecule has 1 aromatic heterocycles. The van der Waals surface area contributed by atoms with Gasteiger partial charge < -0.3 is 15.6 Å². The van der Waals surface area contributed by atoms with E-state index >= 15 is 0 Å². The first kappa shape index (κ1) is 19.2. The zero-order valence-electron chi connectivity index (χ0n) is 11.9. The van der Waals surface area contributed by atoms with Gasteiger partial charge >= 0.3 is 0 Å². The number of rotatable bonds is 4. The molecule has 0 spiro atoms. The summed E-state index contributed by atoms with van der Waals surface area (Å²) >= 11 is 0. The smallest absolute Gasteiger partial charge is 0.252 e. The summed E-state index contributed by atoms with van der Waals surface area (Å²) in [5.41, 5.74) is 7.75. The minimum absolute atomic E-state index is 0. The van der Waals surface area contributed by atoms with E-state index in [0.717, 1.165) is 17.9 Å². The van der Waals surface area contributed by atoms with Crippen LogP contribution in [0.2, 0.25) is 0 Å². The summed E-state index contributed by atoms with van der Waals surface area (Å²) in [7, 11) is 0. The minimum atomic E-state index is -0.157. The molecule has 2 aromatic rings. The maximum atomic E-state index is 12.1. The summed E-state index contributed by atoms with van der Waals surface area (Å²) < 4.78 is 1.88. The van der Waals surface area contributed by atoms with Crippen molar-refractivity contribution in [3.05, 3.63) is 41.5 Å². The average molecular weight is 332 g/mol. The first-order valence-electron chi connectivity index (χ1n) is 6.12. The molecule has 0 radical (unpaired) electrons. The first-order valence-corrected chi connectivity index (χ1v) is 6.12. The summed E-state index contributed by atoms with van der Waals surface area (Å²) in [6.07, 6.45) is 1.65. The molecule has 21 heavy (non-hydrogen) atoms. The summed E-state index contributed by atoms with van der Waals surface area (Å²) in [4.78, 5) is 12.1. The summed E-state index contributed by atoms with van der Waals surface area (Å²) in [5, 5.41) is 10.6. The lowest BCUT2D eigenvalue weighted by Crippen LogP contribution is -2.25. The molecule has 1 heterocycles. The van der Waals surface area contributed by atoms with Crippen molar-refractivity contribution < 1.29 is 4.79 Å². The van der Waals surface area contributed by atoms with Crippen LogP contribution in [0.5, 0.6) is 0 Å². The summed E-state index contributed by atoms with van der Waals surface area (Å²) in [6.45, 7) is 5.00. The second-order valence-electron chi connectivity index (χ2n) is 4.29. The van der Waals surface area contributed by atoms with Gasteiger partial charge in [-0.05, 0) is 31.5 Å². The Bertz CT molecular complexity index is 600. The van der Waals surface area contributed by atoms with Crippen LogP contribution in [0, 0.1) is 6.92 Å². The van der Waals surface area contributed by atoms with Crippen molar-refractivity contribution in [2.75, 3.05) is 5.73 Å². The van der Waals surface area contributed by atoms with Crippen LogP contribution in [0.15, 0.2) is 24.5 Å². The fourth-order valence-electron chi connectivity index (χ4n) is 1.82. The van der Waals surface area contributed by atoms with Gasteiger partial charge in [-0.15, -0.1) is 35.0 Å². The molecule has 0 fully saturated rings. The second kappa shape index (κ2) is 8.49. The molecule has 0 saturated carbocycles. The van der Waals surface area contributed by atoms with Crippen molar-refractivity contribution in [2.24, 2.45) is 0 Å². The fraction of sp³-hybridized carbons (Fsp3) is 0.308. The Morgan fingerprint density at radius 3 is 2.76 bits per heavy atom. The highest BCUT2D eigenvalue weighted by Gasteiger charge is 2.10. The number of carbonyl (C=O) groups is 1. The molecule has 0 aliphatic heterocycles. The molecule has 8 heteroatoms. The van der Waals surface area contributed by atoms with Crippen LogP contribution in [-0.4, -0.2) is 20.7 Å². The van der Waals surface area contributed by atoms with Crippen LogP contribution in [0.3, 0.4) is 0 Å². The molecule has 0 unspecified atom stereocenters. The third-order valence-corrected chi connectivity index (χ3v) is 2.95. The number of benzene rings is 1. The van der Waals surface area contributed by atoms with E-state index in [1.807, 2.05) is 24.5 Å². The van der Waals surface area contributed by atoms with Crippen molar-refractivity contribution in [1.82, 2.24) is 20.1 Å². The van der Waals surface area contributed by atoms with Crippen molar-refractivity contribution in [3.63, 3.8) is 0 Å². The molecule has 0 bridgehead atoms. The van der Waals surface area contributed by atoms with Crippen LogP contribution >= 0.6 is 24.8 Å². The third kappa shape index (κ3) is 4.61. The van der Waals surface area contributed by atoms with E-state index in [-0.39, 0.29) is 30.7 Å². The van der Waals surface area contributed by atoms with Gasteiger partial charge in [-0.25, -0.2) is 0 Å². The lowest BCUT2D eigenvalue weighted by molar-refractivity contribution is 0.0949. The van der Waals surface area contributed by atoms with E-state index in [2.05, 4.69) is 15.5 Å². The molecule has 2 rings (SSSR count). The summed E-state index contributed by atoms with van der Waals surface area (Å²) in [5.74, 6) is 0.577. The Hall–Kier alpha value is -1.79. The number of amides is 1. The Morgan fingerprint density at radius 2 is 2.10 bits per heavy atom. The standard InChI is InChI=1S/C13H17N5O.2ClH/c1-3-18-8-16-17-12(18)7-15-13(19)11-6-10(14)5-4-9(11)2;;/h4-6,8H,3,7,14H2,1-2H3,(H,15,19);2*1H. The minimum Gasteiger partial charge on any atom is -0.399 e. The fourth-order valence-corrected chi connectivity index (χ4v) is 1.82. The number of nitrogens with zero attached hydrogens (tertiary/aromatic N) is 3. The number of nitrogen functional groups attached to an aromatic ring is 1. The van der Waals surface area contributed by atoms with Crippen molar-refractivity contribution in [2.45, 2.75) is 26.9 Å². The van der Waals surface area contributed by atoms with Crippen LogP contribution in [0.1, 0.15) is 28.7 Å². The van der Waals surface area contributed by atoms with Gasteiger partial charge in [0.2, 0.25) is 0 Å². The lowest BCUT2D eigenvalue weighted by atomic mass is 10.1. The molecule has 0 saturated heterocycles. The topological polar surface area (TPSA) is 85.8 Å². The van der Waals surface area contributed by atoms with E-state index in [1.54, 1.807) is 18.5 Å². The lowest BCUT2D eigenvalue weighted by Gasteiger charge is -2.08. The highest BCUT2D eigenvalue weighted by molar-refractivity contribution is 5.96. The third-order valence-electron chi connectivity index (χ3n) is 2.95. The number of hydrogen-bond acceptors (Lipinski definition) is 4. The maximum absolute atomic E-state index is 12.1. The SMILES string of the molecule is CCn1cnnc1CNC(=O)c1cc(N)ccc1C.Cl.Cl. The Balaban J connectivity index is 0.00000200. The number of hydrogen-bond donors (Lipinski definition) is 2. The monoisotopic (exact) mass is 331 g/mol. The van der Waals surface area contributed by atoms with Crippen molar-refractivity contribution in [3.8, 4) is 0 Å². The van der Waals surface area contributed by atoms with Crippen LogP contribution in [0.25, 0.3) is 0 Å². The van der Waals surface area contributed by atoms with E-state index in [9.17, 15) is 4.79 Å². The van der Waals surface area contributed by atoms with Crippen molar-refractivity contribution >= 4 is 36.4 Å². The van der Waals surface area contributed by atoms with E-state index in [1.165, 1.54) is 0 Å². The van der Waals surface area contributed by atoms with Crippen molar-refractivity contribution in [1.29, 1.82) is 0 Å². The Labute approximate surface area is 135 Å². The number of nitrogens with two attached hydrogens (primary N) is 1. The quantitative estimate of drug-likeness (QED) is 0.838. The highest BCUT2D eigenvalue weighted by Crippen LogP contribution is 2.12. The van der Waals surface area contributed by atoms with Gasteiger partial charge in [-0.3, -0.25) is 4.79 Å². The number of aryl methyl sites for hydroxylation is 2. The van der Waals surface area contributed by atoms with Crippen LogP contribution in [0.4, 0.5) is 5.69 Å². The number of halogens is 2. The molecule has 6 nitrogen and oxygen atoms in total. The molecular formula is C13H19Cl2N5O. The van der Waals surface area contributed by atoms with Gasteiger partial charge in [0.05, 0.1) is 6.54 Å². The van der Waals surface area contributed by atoms with Gasteiger partial charge in [-0.1, -0.05) is 6.07 Å². The molecule has 116 valence electrons. The Morgan fingerprint density at radius 1 is 1.38 bits per heavy atom. The van der Waals surface area contributed by atoms with Gasteiger partial charge in [-0.2, -0.15) is 0 Å². The van der Waals surface area contributed by atoms with Gasteiger partial charge in [0.25, 0.3) is 5.91 Å². The Kier molecular flexibility index (Phi) is 7.76. The normalized spacial score (nSPS) is 9.43. The molecule has 0 aliphatic carbocycles. The number of anilines is 1. The summed E-state index contributed by atoms with van der Waals surface area (Å²) in [6, 6.07) is 5.29. The first-order chi connectivity index (χ1) is 9.11. The maximum Gasteiger partial charge on any atom is 0.252 e. The van der Waals surface area contributed by atoms with E-state index in [4.69, 9.17) is 5.73 Å². The highest BCUT2D eigenvalue weighted by atomic mass is 35.5. The van der Waals surface area contributed by atoms with Gasteiger partial charge in [0.15, 0.2) is 5.82 Å². The van der Waals surface area contributed by atoms with Gasteiger partial charge in [0, 0.05) is 17.8 Å². The molecule has 1 aromatic carbocycles. The second-order valence-corrected chi connectivity index (χ2v) is 4.29. The average Bonchev–Trinajstić information content (AvgIpc) is 2.86. The van der Waals surface area contributed by atoms with Crippen LogP contribution < -0.4 is 11.1 Å². The predicted molar refractivity (Wildman–Crippen MR) is 87.0 cm³/mol. The number of nitrogens with one attached hydrogen (secondary N) is 1.